The van der Waals surface area contributed by atoms with Gasteiger partial charge in [-0.3, -0.25) is 4.98 Å². The largest absolute Gasteiger partial charge is 0.256 e. The molecule has 164 valence electrons. The van der Waals surface area contributed by atoms with Crippen LogP contribution < -0.4 is 0 Å². The van der Waals surface area contributed by atoms with Crippen molar-refractivity contribution >= 4 is 21.4 Å². The van der Waals surface area contributed by atoms with E-state index in [1.165, 1.54) is 42.8 Å². The van der Waals surface area contributed by atoms with Crippen LogP contribution in [0.15, 0.2) is 91.1 Å². The highest BCUT2D eigenvalue weighted by Gasteiger charge is 2.18. The van der Waals surface area contributed by atoms with Crippen LogP contribution in [0.3, 0.4) is 0 Å². The minimum atomic E-state index is 0.485. The Labute approximate surface area is 200 Å². The molecule has 3 aromatic carbocycles. The second-order valence-electron chi connectivity index (χ2n) is 9.29. The van der Waals surface area contributed by atoms with Gasteiger partial charge in [-0.05, 0) is 57.9 Å². The van der Waals surface area contributed by atoms with Crippen LogP contribution >= 0.6 is 11.3 Å². The monoisotopic (exact) mass is 447 g/mol. The van der Waals surface area contributed by atoms with E-state index >= 15 is 0 Å². The van der Waals surface area contributed by atoms with Crippen molar-refractivity contribution < 1.29 is 0 Å². The zero-order chi connectivity index (χ0) is 22.9. The van der Waals surface area contributed by atoms with Crippen molar-refractivity contribution in [3.63, 3.8) is 0 Å². The lowest BCUT2D eigenvalue weighted by atomic mass is 9.88. The highest BCUT2D eigenvalue weighted by molar-refractivity contribution is 7.22. The summed E-state index contributed by atoms with van der Waals surface area (Å²) in [5.41, 5.74) is 8.89. The van der Waals surface area contributed by atoms with Gasteiger partial charge in [0, 0.05) is 26.7 Å². The van der Waals surface area contributed by atoms with Gasteiger partial charge in [-0.15, -0.1) is 11.3 Å². The molecule has 2 aromatic heterocycles. The number of nitrogens with zero attached hydrogens (tertiary/aromatic N) is 1. The zero-order valence-corrected chi connectivity index (χ0v) is 20.5. The van der Waals surface area contributed by atoms with Crippen LogP contribution in [0.2, 0.25) is 0 Å². The number of hydrogen-bond donors (Lipinski definition) is 0. The molecule has 1 nitrogen and oxygen atoms in total. The average Bonchev–Trinajstić information content (AvgIpc) is 3.27. The summed E-state index contributed by atoms with van der Waals surface area (Å²) in [7, 11) is 0. The molecule has 0 saturated carbocycles. The number of aromatic nitrogens is 1. The van der Waals surface area contributed by atoms with E-state index < -0.39 is 0 Å². The lowest BCUT2D eigenvalue weighted by Gasteiger charge is -2.18. The Bertz CT molecular complexity index is 1380. The van der Waals surface area contributed by atoms with Gasteiger partial charge in [-0.2, -0.15) is 0 Å². The van der Waals surface area contributed by atoms with Gasteiger partial charge in [0.05, 0.1) is 5.69 Å². The van der Waals surface area contributed by atoms with E-state index in [0.29, 0.717) is 11.8 Å². The van der Waals surface area contributed by atoms with E-state index in [2.05, 4.69) is 113 Å². The molecule has 0 radical (unpaired) electrons. The number of fused-ring (bicyclic) bond motifs is 1. The first kappa shape index (κ1) is 21.6. The fourth-order valence-electron chi connectivity index (χ4n) is 4.54. The highest BCUT2D eigenvalue weighted by atomic mass is 32.1. The second kappa shape index (κ2) is 8.96. The van der Waals surface area contributed by atoms with Crippen LogP contribution in [0.5, 0.6) is 0 Å². The Hall–Kier alpha value is -3.23. The second-order valence-corrected chi connectivity index (χ2v) is 10.4. The summed E-state index contributed by atoms with van der Waals surface area (Å²) < 4.78 is 1.29. The molecule has 0 fully saturated rings. The van der Waals surface area contributed by atoms with Crippen LogP contribution in [0.25, 0.3) is 42.9 Å². The summed E-state index contributed by atoms with van der Waals surface area (Å²) in [5, 5.41) is 1.21. The Balaban J connectivity index is 1.60. The summed E-state index contributed by atoms with van der Waals surface area (Å²) in [6.45, 7) is 9.15. The van der Waals surface area contributed by atoms with Gasteiger partial charge < -0.3 is 0 Å². The molecular formula is C31H29NS. The molecule has 0 aliphatic carbocycles. The van der Waals surface area contributed by atoms with Crippen LogP contribution in [0.4, 0.5) is 0 Å². The number of hydrogen-bond acceptors (Lipinski definition) is 2. The van der Waals surface area contributed by atoms with Crippen LogP contribution in [0, 0.1) is 0 Å². The summed E-state index contributed by atoms with van der Waals surface area (Å²) >= 11 is 1.88. The van der Waals surface area contributed by atoms with Crippen LogP contribution in [0.1, 0.15) is 50.7 Å². The van der Waals surface area contributed by atoms with E-state index in [4.69, 9.17) is 4.98 Å². The van der Waals surface area contributed by atoms with Gasteiger partial charge >= 0.3 is 0 Å². The molecule has 0 bridgehead atoms. The number of pyridine rings is 1. The van der Waals surface area contributed by atoms with Gasteiger partial charge in [0.2, 0.25) is 0 Å². The van der Waals surface area contributed by atoms with Crippen molar-refractivity contribution in [3.05, 3.63) is 102 Å². The first-order chi connectivity index (χ1) is 16.0. The zero-order valence-electron chi connectivity index (χ0n) is 19.7. The summed E-state index contributed by atoms with van der Waals surface area (Å²) in [4.78, 5) is 6.18. The summed E-state index contributed by atoms with van der Waals surface area (Å²) in [5.74, 6) is 0.969. The molecule has 0 saturated heterocycles. The van der Waals surface area contributed by atoms with Crippen molar-refractivity contribution in [2.45, 2.75) is 39.5 Å². The van der Waals surface area contributed by atoms with Crippen molar-refractivity contribution in [1.82, 2.24) is 4.98 Å². The van der Waals surface area contributed by atoms with Crippen molar-refractivity contribution in [2.24, 2.45) is 0 Å². The van der Waals surface area contributed by atoms with E-state index in [0.717, 1.165) is 11.3 Å². The minimum Gasteiger partial charge on any atom is -0.256 e. The maximum atomic E-state index is 4.84. The van der Waals surface area contributed by atoms with Gasteiger partial charge in [-0.25, -0.2) is 0 Å². The lowest BCUT2D eigenvalue weighted by Crippen LogP contribution is -1.98. The van der Waals surface area contributed by atoms with E-state index in [9.17, 15) is 0 Å². The smallest absolute Gasteiger partial charge is 0.0716 e. The standard InChI is InChI=1S/C31H29NS/c1-20(2)26-14-9-15-27(21(3)4)31(26)30-17-25-19-32-28(18-29(25)33-30)24-13-8-12-23(16-24)22-10-6-5-7-11-22/h5-21H,1-4H3. The van der Waals surface area contributed by atoms with Crippen molar-refractivity contribution in [2.75, 3.05) is 0 Å². The molecule has 0 amide bonds. The first-order valence-electron chi connectivity index (χ1n) is 11.7. The fourth-order valence-corrected chi connectivity index (χ4v) is 5.70. The third kappa shape index (κ3) is 4.24. The molecule has 0 atom stereocenters. The maximum Gasteiger partial charge on any atom is 0.0716 e. The topological polar surface area (TPSA) is 12.9 Å². The van der Waals surface area contributed by atoms with Crippen molar-refractivity contribution in [1.29, 1.82) is 0 Å². The highest BCUT2D eigenvalue weighted by Crippen LogP contribution is 2.42. The van der Waals surface area contributed by atoms with Gasteiger partial charge in [0.1, 0.15) is 0 Å². The lowest BCUT2D eigenvalue weighted by molar-refractivity contribution is 0.839. The molecule has 5 aromatic rings. The predicted octanol–water partition coefficient (Wildman–Crippen LogP) is 9.54. The molecule has 2 heteroatoms. The van der Waals surface area contributed by atoms with Gasteiger partial charge in [0.15, 0.2) is 0 Å². The van der Waals surface area contributed by atoms with Crippen molar-refractivity contribution in [3.8, 4) is 32.8 Å². The number of rotatable bonds is 5. The van der Waals surface area contributed by atoms with Gasteiger partial charge in [-0.1, -0.05) is 94.4 Å². The molecule has 0 unspecified atom stereocenters. The quantitative estimate of drug-likeness (QED) is 0.261. The number of benzene rings is 3. The number of thiophene rings is 1. The molecular weight excluding hydrogens is 418 g/mol. The third-order valence-corrected chi connectivity index (χ3v) is 7.40. The van der Waals surface area contributed by atoms with Gasteiger partial charge in [0.25, 0.3) is 0 Å². The maximum absolute atomic E-state index is 4.84. The third-order valence-electron chi connectivity index (χ3n) is 6.29. The Morgan fingerprint density at radius 3 is 1.97 bits per heavy atom. The SMILES string of the molecule is CC(C)c1cccc(C(C)C)c1-c1cc2cnc(-c3cccc(-c4ccccc4)c3)cc2s1. The molecule has 2 heterocycles. The van der Waals surface area contributed by atoms with E-state index in [1.807, 2.05) is 17.5 Å². The molecule has 0 aliphatic rings. The van der Waals surface area contributed by atoms with Crippen LogP contribution in [-0.4, -0.2) is 4.98 Å². The van der Waals surface area contributed by atoms with E-state index in [-0.39, 0.29) is 0 Å². The molecule has 0 N–H and O–H groups in total. The predicted molar refractivity (Wildman–Crippen MR) is 144 cm³/mol. The molecule has 33 heavy (non-hydrogen) atoms. The average molecular weight is 448 g/mol. The Morgan fingerprint density at radius 2 is 1.27 bits per heavy atom. The van der Waals surface area contributed by atoms with E-state index in [1.54, 1.807) is 0 Å². The first-order valence-corrected chi connectivity index (χ1v) is 12.5. The summed E-state index contributed by atoms with van der Waals surface area (Å²) in [6.07, 6.45) is 2.03. The molecule has 5 rings (SSSR count). The summed E-state index contributed by atoms with van der Waals surface area (Å²) in [6, 6.07) is 30.6. The molecule has 0 spiro atoms. The van der Waals surface area contributed by atoms with Crippen LogP contribution in [-0.2, 0) is 0 Å². The Kier molecular flexibility index (Phi) is 5.86. The normalized spacial score (nSPS) is 11.6. The fraction of sp³-hybridized carbons (Fsp3) is 0.194. The minimum absolute atomic E-state index is 0.485. The molecule has 0 aliphatic heterocycles. The Morgan fingerprint density at radius 1 is 0.636 bits per heavy atom.